The van der Waals surface area contributed by atoms with Crippen molar-refractivity contribution < 1.29 is 0 Å². The first kappa shape index (κ1) is 14.8. The molecule has 0 spiro atoms. The monoisotopic (exact) mass is 216 g/mol. The van der Waals surface area contributed by atoms with Crippen molar-refractivity contribution in [1.29, 1.82) is 0 Å². The van der Waals surface area contributed by atoms with Crippen LogP contribution in [-0.4, -0.2) is 24.7 Å². The van der Waals surface area contributed by atoms with Crippen molar-refractivity contribution >= 4 is 0 Å². The van der Waals surface area contributed by atoms with Gasteiger partial charge in [-0.15, -0.1) is 0 Å². The van der Waals surface area contributed by atoms with Crippen LogP contribution >= 0.6 is 0 Å². The van der Waals surface area contributed by atoms with Gasteiger partial charge in [0.15, 0.2) is 0 Å². The fraction of sp³-hybridized carbons (Fsp3) is 1.00. The smallest absolute Gasteiger partial charge is 0.0207 e. The minimum atomic E-state index is 0.0184. The molecule has 15 heavy (non-hydrogen) atoms. The Morgan fingerprint density at radius 2 is 1.60 bits per heavy atom. The van der Waals surface area contributed by atoms with E-state index in [1.54, 1.807) is 0 Å². The summed E-state index contributed by atoms with van der Waals surface area (Å²) in [6.45, 7) is 4.92. The van der Waals surface area contributed by atoms with E-state index in [1.807, 2.05) is 0 Å². The lowest BCUT2D eigenvalue weighted by atomic mass is 9.94. The third-order valence-corrected chi connectivity index (χ3v) is 3.04. The van der Waals surface area contributed by atoms with Crippen LogP contribution < -0.4 is 22.9 Å². The maximum absolute atomic E-state index is 6.00. The lowest BCUT2D eigenvalue weighted by Gasteiger charge is -2.23. The highest BCUT2D eigenvalue weighted by atomic mass is 14.8. The van der Waals surface area contributed by atoms with E-state index in [0.29, 0.717) is 5.92 Å². The van der Waals surface area contributed by atoms with Gasteiger partial charge >= 0.3 is 0 Å². The molecule has 4 heteroatoms. The maximum atomic E-state index is 6.00. The molecule has 4 atom stereocenters. The number of hydrogen-bond donors (Lipinski definition) is 4. The van der Waals surface area contributed by atoms with E-state index >= 15 is 0 Å². The van der Waals surface area contributed by atoms with Crippen LogP contribution in [0.4, 0.5) is 0 Å². The summed E-state index contributed by atoms with van der Waals surface area (Å²) in [5.74, 6) is 0.531. The molecule has 0 heterocycles. The zero-order valence-electron chi connectivity index (χ0n) is 10.2. The summed E-state index contributed by atoms with van der Waals surface area (Å²) in [4.78, 5) is 0. The van der Waals surface area contributed by atoms with Crippen LogP contribution in [0.15, 0.2) is 0 Å². The average molecular weight is 216 g/mol. The van der Waals surface area contributed by atoms with Gasteiger partial charge in [0.2, 0.25) is 0 Å². The molecule has 8 N–H and O–H groups in total. The van der Waals surface area contributed by atoms with E-state index in [0.717, 1.165) is 32.2 Å². The summed E-state index contributed by atoms with van der Waals surface area (Å²) in [5, 5.41) is 0. The molecule has 0 fully saturated rings. The van der Waals surface area contributed by atoms with Gasteiger partial charge in [-0.3, -0.25) is 0 Å². The molecule has 0 saturated heterocycles. The molecule has 0 aromatic carbocycles. The van der Waals surface area contributed by atoms with Crippen molar-refractivity contribution in [2.24, 2.45) is 28.9 Å². The van der Waals surface area contributed by atoms with Gasteiger partial charge in [-0.25, -0.2) is 0 Å². The minimum Gasteiger partial charge on any atom is -0.330 e. The van der Waals surface area contributed by atoms with Crippen molar-refractivity contribution in [2.75, 3.05) is 6.54 Å². The topological polar surface area (TPSA) is 104 Å². The van der Waals surface area contributed by atoms with Gasteiger partial charge in [0.25, 0.3) is 0 Å². The van der Waals surface area contributed by atoms with E-state index < -0.39 is 0 Å². The van der Waals surface area contributed by atoms with Gasteiger partial charge in [0, 0.05) is 18.1 Å². The number of rotatable bonds is 8. The Kier molecular flexibility index (Phi) is 7.96. The van der Waals surface area contributed by atoms with Gasteiger partial charge in [0.1, 0.15) is 0 Å². The third kappa shape index (κ3) is 6.84. The molecular formula is C11H28N4. The zero-order valence-corrected chi connectivity index (χ0v) is 10.2. The van der Waals surface area contributed by atoms with Gasteiger partial charge in [-0.1, -0.05) is 13.8 Å². The molecule has 0 bridgehead atoms. The highest BCUT2D eigenvalue weighted by molar-refractivity contribution is 4.80. The predicted octanol–water partition coefficient (Wildman–Crippen LogP) is 0.143. The lowest BCUT2D eigenvalue weighted by molar-refractivity contribution is 0.394. The number of nitrogens with two attached hydrogens (primary N) is 4. The zero-order chi connectivity index (χ0) is 11.8. The Hall–Kier alpha value is -0.160. The Morgan fingerprint density at radius 3 is 2.07 bits per heavy atom. The van der Waals surface area contributed by atoms with Crippen LogP contribution in [0.3, 0.4) is 0 Å². The van der Waals surface area contributed by atoms with Gasteiger partial charge in [-0.2, -0.15) is 0 Å². The third-order valence-electron chi connectivity index (χ3n) is 3.04. The molecule has 0 radical (unpaired) electrons. The second-order valence-corrected chi connectivity index (χ2v) is 4.65. The van der Waals surface area contributed by atoms with E-state index in [-0.39, 0.29) is 18.1 Å². The molecule has 4 unspecified atom stereocenters. The Morgan fingerprint density at radius 1 is 1.00 bits per heavy atom. The normalized spacial score (nSPS) is 19.6. The van der Waals surface area contributed by atoms with Crippen LogP contribution in [0, 0.1) is 5.92 Å². The first-order valence-electron chi connectivity index (χ1n) is 5.98. The quantitative estimate of drug-likeness (QED) is 0.463. The van der Waals surface area contributed by atoms with Crippen LogP contribution in [-0.2, 0) is 0 Å². The van der Waals surface area contributed by atoms with E-state index in [4.69, 9.17) is 22.9 Å². The summed E-state index contributed by atoms with van der Waals surface area (Å²) in [5.41, 5.74) is 23.4. The van der Waals surface area contributed by atoms with Crippen LogP contribution in [0.25, 0.3) is 0 Å². The van der Waals surface area contributed by atoms with Crippen molar-refractivity contribution in [2.45, 2.75) is 57.7 Å². The molecular weight excluding hydrogens is 188 g/mol. The van der Waals surface area contributed by atoms with Crippen molar-refractivity contribution in [3.8, 4) is 0 Å². The summed E-state index contributed by atoms with van der Waals surface area (Å²) >= 11 is 0. The molecule has 0 amide bonds. The van der Waals surface area contributed by atoms with Crippen molar-refractivity contribution in [1.82, 2.24) is 0 Å². The number of hydrogen-bond acceptors (Lipinski definition) is 4. The van der Waals surface area contributed by atoms with Crippen LogP contribution in [0.5, 0.6) is 0 Å². The van der Waals surface area contributed by atoms with Crippen LogP contribution in [0.1, 0.15) is 39.5 Å². The Bertz CT molecular complexity index is 152. The van der Waals surface area contributed by atoms with Crippen LogP contribution in [0.2, 0.25) is 0 Å². The second-order valence-electron chi connectivity index (χ2n) is 4.65. The molecule has 0 aromatic heterocycles. The molecule has 0 aliphatic rings. The fourth-order valence-corrected chi connectivity index (χ4v) is 1.50. The predicted molar refractivity (Wildman–Crippen MR) is 66.3 cm³/mol. The van der Waals surface area contributed by atoms with Crippen molar-refractivity contribution in [3.05, 3.63) is 0 Å². The summed E-state index contributed by atoms with van der Waals surface area (Å²) < 4.78 is 0. The molecule has 4 nitrogen and oxygen atoms in total. The fourth-order valence-electron chi connectivity index (χ4n) is 1.50. The lowest BCUT2D eigenvalue weighted by Crippen LogP contribution is -2.45. The van der Waals surface area contributed by atoms with E-state index in [9.17, 15) is 0 Å². The SMILES string of the molecule is CCC(N)CC(N)C(N)CCC(C)CN. The summed E-state index contributed by atoms with van der Waals surface area (Å²) in [6, 6.07) is 0.250. The van der Waals surface area contributed by atoms with Gasteiger partial charge in [0.05, 0.1) is 0 Å². The highest BCUT2D eigenvalue weighted by Gasteiger charge is 2.16. The highest BCUT2D eigenvalue weighted by Crippen LogP contribution is 2.09. The maximum Gasteiger partial charge on any atom is 0.0207 e. The first-order chi connectivity index (χ1) is 7.01. The Labute approximate surface area is 93.7 Å². The van der Waals surface area contributed by atoms with E-state index in [1.165, 1.54) is 0 Å². The molecule has 0 saturated carbocycles. The molecule has 0 aliphatic carbocycles. The van der Waals surface area contributed by atoms with Gasteiger partial charge < -0.3 is 22.9 Å². The largest absolute Gasteiger partial charge is 0.330 e. The van der Waals surface area contributed by atoms with Crippen molar-refractivity contribution in [3.63, 3.8) is 0 Å². The summed E-state index contributed by atoms with van der Waals surface area (Å²) in [7, 11) is 0. The summed E-state index contributed by atoms with van der Waals surface area (Å²) in [6.07, 6.45) is 3.76. The molecule has 92 valence electrons. The molecule has 0 aliphatic heterocycles. The standard InChI is InChI=1S/C11H28N4/c1-3-9(13)6-11(15)10(14)5-4-8(2)7-12/h8-11H,3-7,12-15H2,1-2H3. The van der Waals surface area contributed by atoms with Gasteiger partial charge in [-0.05, 0) is 38.1 Å². The first-order valence-corrected chi connectivity index (χ1v) is 5.98. The van der Waals surface area contributed by atoms with E-state index in [2.05, 4.69) is 13.8 Å². The second kappa shape index (κ2) is 8.05. The minimum absolute atomic E-state index is 0.0184. The molecule has 0 rings (SSSR count). The Balaban J connectivity index is 3.73. The molecule has 0 aromatic rings. The average Bonchev–Trinajstić information content (AvgIpc) is 2.24.